The number of nitrogens with zero attached hydrogens (tertiary/aromatic N) is 1. The first kappa shape index (κ1) is 11.3. The average molecular weight is 234 g/mol. The second-order valence-corrected chi connectivity index (χ2v) is 3.38. The molecule has 1 aromatic rings. The summed E-state index contributed by atoms with van der Waals surface area (Å²) >= 11 is 11.6. The Morgan fingerprint density at radius 3 is 2.79 bits per heavy atom. The summed E-state index contributed by atoms with van der Waals surface area (Å²) < 4.78 is 4.80. The molecule has 14 heavy (non-hydrogen) atoms. The van der Waals surface area contributed by atoms with Crippen LogP contribution in [0.4, 0.5) is 0 Å². The van der Waals surface area contributed by atoms with Crippen LogP contribution in [0, 0.1) is 6.92 Å². The summed E-state index contributed by atoms with van der Waals surface area (Å²) in [7, 11) is 0. The van der Waals surface area contributed by atoms with Crippen LogP contribution in [-0.2, 0) is 4.74 Å². The van der Waals surface area contributed by atoms with Crippen LogP contribution in [0.1, 0.15) is 22.8 Å². The molecule has 0 spiro atoms. The SMILES string of the molecule is CCOC(=O)c1c(Cl)ncc(C)c1Cl. The number of halogens is 2. The molecule has 0 aliphatic rings. The fraction of sp³-hybridized carbons (Fsp3) is 0.333. The van der Waals surface area contributed by atoms with Gasteiger partial charge in [-0.05, 0) is 19.4 Å². The Morgan fingerprint density at radius 2 is 2.21 bits per heavy atom. The molecule has 76 valence electrons. The van der Waals surface area contributed by atoms with Crippen molar-refractivity contribution in [2.75, 3.05) is 6.61 Å². The first-order chi connectivity index (χ1) is 6.57. The first-order valence-corrected chi connectivity index (χ1v) is 4.81. The van der Waals surface area contributed by atoms with Gasteiger partial charge in [0.25, 0.3) is 0 Å². The van der Waals surface area contributed by atoms with E-state index in [1.54, 1.807) is 13.8 Å². The number of esters is 1. The molecule has 0 saturated heterocycles. The lowest BCUT2D eigenvalue weighted by Crippen LogP contribution is -2.07. The van der Waals surface area contributed by atoms with Gasteiger partial charge < -0.3 is 4.74 Å². The molecule has 5 heteroatoms. The number of aromatic nitrogens is 1. The van der Waals surface area contributed by atoms with Crippen molar-refractivity contribution >= 4 is 29.2 Å². The van der Waals surface area contributed by atoms with Crippen molar-refractivity contribution in [3.05, 3.63) is 27.5 Å². The lowest BCUT2D eigenvalue weighted by Gasteiger charge is -2.06. The average Bonchev–Trinajstić information content (AvgIpc) is 2.13. The van der Waals surface area contributed by atoms with E-state index in [0.29, 0.717) is 10.6 Å². The molecule has 0 unspecified atom stereocenters. The molecule has 0 amide bonds. The molecule has 0 N–H and O–H groups in total. The van der Waals surface area contributed by atoms with E-state index in [1.165, 1.54) is 6.20 Å². The predicted molar refractivity (Wildman–Crippen MR) is 55.0 cm³/mol. The quantitative estimate of drug-likeness (QED) is 0.583. The number of rotatable bonds is 2. The molecule has 0 radical (unpaired) electrons. The minimum absolute atomic E-state index is 0.0686. The van der Waals surface area contributed by atoms with E-state index in [4.69, 9.17) is 27.9 Å². The van der Waals surface area contributed by atoms with Crippen LogP contribution in [0.3, 0.4) is 0 Å². The molecule has 0 aliphatic carbocycles. The first-order valence-electron chi connectivity index (χ1n) is 4.05. The summed E-state index contributed by atoms with van der Waals surface area (Å²) in [6.07, 6.45) is 1.51. The van der Waals surface area contributed by atoms with Crippen molar-refractivity contribution in [3.63, 3.8) is 0 Å². The maximum absolute atomic E-state index is 11.4. The van der Waals surface area contributed by atoms with Gasteiger partial charge in [0.15, 0.2) is 0 Å². The monoisotopic (exact) mass is 233 g/mol. The highest BCUT2D eigenvalue weighted by Crippen LogP contribution is 2.26. The maximum atomic E-state index is 11.4. The third kappa shape index (κ3) is 2.16. The Bertz CT molecular complexity index is 366. The third-order valence-corrected chi connectivity index (χ3v) is 2.40. The number of hydrogen-bond acceptors (Lipinski definition) is 3. The smallest absolute Gasteiger partial charge is 0.342 e. The Morgan fingerprint density at radius 1 is 1.57 bits per heavy atom. The highest BCUT2D eigenvalue weighted by molar-refractivity contribution is 6.39. The van der Waals surface area contributed by atoms with Crippen molar-refractivity contribution < 1.29 is 9.53 Å². The van der Waals surface area contributed by atoms with Gasteiger partial charge in [0.1, 0.15) is 10.7 Å². The molecule has 0 aliphatic heterocycles. The van der Waals surface area contributed by atoms with Gasteiger partial charge in [-0.2, -0.15) is 0 Å². The number of carbonyl (C=O) groups is 1. The summed E-state index contributed by atoms with van der Waals surface area (Å²) in [6.45, 7) is 3.73. The molecule has 0 bridgehead atoms. The molecule has 0 fully saturated rings. The molecular formula is C9H9Cl2NO2. The van der Waals surface area contributed by atoms with Gasteiger partial charge in [0.05, 0.1) is 11.6 Å². The molecular weight excluding hydrogens is 225 g/mol. The number of hydrogen-bond donors (Lipinski definition) is 0. The van der Waals surface area contributed by atoms with Crippen molar-refractivity contribution in [2.45, 2.75) is 13.8 Å². The van der Waals surface area contributed by atoms with Crippen LogP contribution in [0.15, 0.2) is 6.20 Å². The molecule has 1 rings (SSSR count). The van der Waals surface area contributed by atoms with Crippen LogP contribution in [0.2, 0.25) is 10.2 Å². The van der Waals surface area contributed by atoms with Crippen molar-refractivity contribution in [1.29, 1.82) is 0 Å². The van der Waals surface area contributed by atoms with Gasteiger partial charge in [0, 0.05) is 6.20 Å². The fourth-order valence-electron chi connectivity index (χ4n) is 0.940. The molecule has 1 aromatic heterocycles. The third-order valence-electron chi connectivity index (χ3n) is 1.62. The lowest BCUT2D eigenvalue weighted by atomic mass is 10.2. The molecule has 0 aromatic carbocycles. The van der Waals surface area contributed by atoms with E-state index in [2.05, 4.69) is 4.98 Å². The topological polar surface area (TPSA) is 39.2 Å². The van der Waals surface area contributed by atoms with Crippen LogP contribution in [0.25, 0.3) is 0 Å². The highest BCUT2D eigenvalue weighted by atomic mass is 35.5. The van der Waals surface area contributed by atoms with Crippen LogP contribution >= 0.6 is 23.2 Å². The van der Waals surface area contributed by atoms with E-state index >= 15 is 0 Å². The Balaban J connectivity index is 3.18. The molecule has 0 atom stereocenters. The Labute approximate surface area is 92.0 Å². The zero-order valence-electron chi connectivity index (χ0n) is 7.80. The van der Waals surface area contributed by atoms with Gasteiger partial charge >= 0.3 is 5.97 Å². The van der Waals surface area contributed by atoms with E-state index in [0.717, 1.165) is 0 Å². The zero-order chi connectivity index (χ0) is 10.7. The van der Waals surface area contributed by atoms with Crippen molar-refractivity contribution in [1.82, 2.24) is 4.98 Å². The van der Waals surface area contributed by atoms with Gasteiger partial charge in [-0.25, -0.2) is 9.78 Å². The number of carbonyl (C=O) groups excluding carboxylic acids is 1. The minimum atomic E-state index is -0.543. The molecule has 3 nitrogen and oxygen atoms in total. The van der Waals surface area contributed by atoms with E-state index in [9.17, 15) is 4.79 Å². The van der Waals surface area contributed by atoms with Crippen LogP contribution in [0.5, 0.6) is 0 Å². The Kier molecular flexibility index (Phi) is 3.72. The summed E-state index contributed by atoms with van der Waals surface area (Å²) in [5.41, 5.74) is 0.828. The minimum Gasteiger partial charge on any atom is -0.462 e. The predicted octanol–water partition coefficient (Wildman–Crippen LogP) is 2.87. The highest BCUT2D eigenvalue weighted by Gasteiger charge is 2.18. The lowest BCUT2D eigenvalue weighted by molar-refractivity contribution is 0.0526. The second kappa shape index (κ2) is 4.62. The van der Waals surface area contributed by atoms with E-state index in [1.807, 2.05) is 0 Å². The standard InChI is InChI=1S/C9H9Cl2NO2/c1-3-14-9(13)6-7(10)5(2)4-12-8(6)11/h4H,3H2,1-2H3. The number of ether oxygens (including phenoxy) is 1. The number of pyridine rings is 1. The Hall–Kier alpha value is -0.800. The summed E-state index contributed by atoms with van der Waals surface area (Å²) in [5.74, 6) is -0.543. The number of aryl methyl sites for hydroxylation is 1. The van der Waals surface area contributed by atoms with Crippen molar-refractivity contribution in [2.24, 2.45) is 0 Å². The van der Waals surface area contributed by atoms with Crippen molar-refractivity contribution in [3.8, 4) is 0 Å². The van der Waals surface area contributed by atoms with Gasteiger partial charge in [-0.1, -0.05) is 23.2 Å². The largest absolute Gasteiger partial charge is 0.462 e. The van der Waals surface area contributed by atoms with Crippen LogP contribution < -0.4 is 0 Å². The fourth-order valence-corrected chi connectivity index (χ4v) is 1.42. The zero-order valence-corrected chi connectivity index (χ0v) is 9.32. The van der Waals surface area contributed by atoms with E-state index in [-0.39, 0.29) is 17.3 Å². The maximum Gasteiger partial charge on any atom is 0.342 e. The summed E-state index contributed by atoms with van der Waals surface area (Å²) in [5, 5.41) is 0.363. The van der Waals surface area contributed by atoms with Gasteiger partial charge in [-0.3, -0.25) is 0 Å². The van der Waals surface area contributed by atoms with Gasteiger partial charge in [-0.15, -0.1) is 0 Å². The summed E-state index contributed by atoms with van der Waals surface area (Å²) in [6, 6.07) is 0. The second-order valence-electron chi connectivity index (χ2n) is 2.64. The van der Waals surface area contributed by atoms with Gasteiger partial charge in [0.2, 0.25) is 0 Å². The normalized spacial score (nSPS) is 10.0. The summed E-state index contributed by atoms with van der Waals surface area (Å²) in [4.78, 5) is 15.2. The van der Waals surface area contributed by atoms with Crippen LogP contribution in [-0.4, -0.2) is 17.6 Å². The molecule has 1 heterocycles. The molecule has 0 saturated carbocycles. The van der Waals surface area contributed by atoms with E-state index < -0.39 is 5.97 Å².